The van der Waals surface area contributed by atoms with E-state index in [1.54, 1.807) is 0 Å². The van der Waals surface area contributed by atoms with Gasteiger partial charge in [-0.15, -0.1) is 11.8 Å². The summed E-state index contributed by atoms with van der Waals surface area (Å²) in [7, 11) is 0. The summed E-state index contributed by atoms with van der Waals surface area (Å²) in [6.07, 6.45) is 2.88. The summed E-state index contributed by atoms with van der Waals surface area (Å²) in [6.45, 7) is 2.14. The Labute approximate surface area is 168 Å². The van der Waals surface area contributed by atoms with Crippen molar-refractivity contribution < 1.29 is 14.3 Å². The fraction of sp³-hybridized carbons (Fsp3) is 0.381. The Kier molecular flexibility index (Phi) is 5.79. The van der Waals surface area contributed by atoms with E-state index in [-0.39, 0.29) is 11.9 Å². The number of nitrogens with zero attached hydrogens (tertiary/aromatic N) is 1. The van der Waals surface area contributed by atoms with Crippen molar-refractivity contribution >= 4 is 29.3 Å². The van der Waals surface area contributed by atoms with E-state index >= 15 is 0 Å². The normalized spacial score (nSPS) is 19.0. The SMILES string of the molecule is O=C(CSc1ccccc1Cl)N1CCC[C@@H]1c1ccc2c(c1)OCCCO2. The Morgan fingerprint density at radius 2 is 1.93 bits per heavy atom. The Morgan fingerprint density at radius 1 is 1.11 bits per heavy atom. The number of ether oxygens (including phenoxy) is 2. The van der Waals surface area contributed by atoms with Gasteiger partial charge in [0.2, 0.25) is 5.91 Å². The lowest BCUT2D eigenvalue weighted by molar-refractivity contribution is -0.129. The lowest BCUT2D eigenvalue weighted by atomic mass is 10.0. The summed E-state index contributed by atoms with van der Waals surface area (Å²) in [5, 5.41) is 0.691. The lowest BCUT2D eigenvalue weighted by Gasteiger charge is -2.25. The Bertz CT molecular complexity index is 829. The van der Waals surface area contributed by atoms with Crippen LogP contribution < -0.4 is 9.47 Å². The highest BCUT2D eigenvalue weighted by Gasteiger charge is 2.30. The molecular formula is C21H22ClNO3S. The van der Waals surface area contributed by atoms with Crippen molar-refractivity contribution in [1.29, 1.82) is 0 Å². The number of carbonyl (C=O) groups is 1. The average Bonchev–Trinajstić information content (AvgIpc) is 3.06. The number of hydrogen-bond acceptors (Lipinski definition) is 4. The molecule has 2 aliphatic heterocycles. The van der Waals surface area contributed by atoms with Gasteiger partial charge in [0.15, 0.2) is 11.5 Å². The molecule has 1 saturated heterocycles. The molecule has 0 unspecified atom stereocenters. The van der Waals surface area contributed by atoms with Crippen LogP contribution in [-0.4, -0.2) is 36.3 Å². The smallest absolute Gasteiger partial charge is 0.233 e. The van der Waals surface area contributed by atoms with Crippen molar-refractivity contribution in [2.75, 3.05) is 25.5 Å². The molecule has 27 heavy (non-hydrogen) atoms. The first-order valence-corrected chi connectivity index (χ1v) is 10.6. The number of hydrogen-bond donors (Lipinski definition) is 0. The molecule has 2 aliphatic rings. The number of thioether (sulfide) groups is 1. The Morgan fingerprint density at radius 3 is 2.78 bits per heavy atom. The molecule has 0 N–H and O–H groups in total. The van der Waals surface area contributed by atoms with Crippen molar-refractivity contribution in [1.82, 2.24) is 4.90 Å². The van der Waals surface area contributed by atoms with E-state index in [0.717, 1.165) is 47.8 Å². The second-order valence-corrected chi connectivity index (χ2v) is 8.15. The van der Waals surface area contributed by atoms with Crippen LogP contribution in [0, 0.1) is 0 Å². The first kappa shape index (κ1) is 18.5. The molecule has 142 valence electrons. The van der Waals surface area contributed by atoms with Gasteiger partial charge in [-0.1, -0.05) is 29.8 Å². The number of rotatable bonds is 4. The Balaban J connectivity index is 1.46. The predicted octanol–water partition coefficient (Wildman–Crippen LogP) is 4.96. The maximum atomic E-state index is 12.9. The van der Waals surface area contributed by atoms with Crippen molar-refractivity contribution in [3.8, 4) is 11.5 Å². The summed E-state index contributed by atoms with van der Waals surface area (Å²) in [5.41, 5.74) is 1.12. The van der Waals surface area contributed by atoms with Crippen LogP contribution in [0.2, 0.25) is 5.02 Å². The van der Waals surface area contributed by atoms with Gasteiger partial charge in [-0.25, -0.2) is 0 Å². The fourth-order valence-corrected chi connectivity index (χ4v) is 4.71. The van der Waals surface area contributed by atoms with E-state index in [1.807, 2.05) is 41.3 Å². The summed E-state index contributed by atoms with van der Waals surface area (Å²) in [5.74, 6) is 2.12. The molecule has 0 aromatic heterocycles. The van der Waals surface area contributed by atoms with E-state index in [4.69, 9.17) is 21.1 Å². The summed E-state index contributed by atoms with van der Waals surface area (Å²) < 4.78 is 11.5. The molecule has 2 aromatic carbocycles. The van der Waals surface area contributed by atoms with Crippen molar-refractivity contribution in [3.63, 3.8) is 0 Å². The minimum absolute atomic E-state index is 0.0986. The molecule has 0 bridgehead atoms. The van der Waals surface area contributed by atoms with Gasteiger partial charge in [0.05, 0.1) is 30.0 Å². The summed E-state index contributed by atoms with van der Waals surface area (Å²) in [4.78, 5) is 15.8. The van der Waals surface area contributed by atoms with Crippen molar-refractivity contribution in [2.45, 2.75) is 30.2 Å². The molecule has 1 atom stereocenters. The zero-order valence-corrected chi connectivity index (χ0v) is 16.6. The minimum atomic E-state index is 0.0986. The Hall–Kier alpha value is -1.85. The van der Waals surface area contributed by atoms with Crippen LogP contribution in [0.1, 0.15) is 30.9 Å². The van der Waals surface area contributed by atoms with E-state index in [9.17, 15) is 4.79 Å². The van der Waals surface area contributed by atoms with Crippen LogP contribution in [0.25, 0.3) is 0 Å². The molecule has 4 rings (SSSR count). The average molecular weight is 404 g/mol. The van der Waals surface area contributed by atoms with Crippen LogP contribution in [0.15, 0.2) is 47.4 Å². The highest BCUT2D eigenvalue weighted by molar-refractivity contribution is 8.00. The third-order valence-corrected chi connectivity index (χ3v) is 6.42. The first-order valence-electron chi connectivity index (χ1n) is 9.29. The number of likely N-dealkylation sites (tertiary alicyclic amines) is 1. The molecular weight excluding hydrogens is 382 g/mol. The van der Waals surface area contributed by atoms with Crippen LogP contribution in [0.4, 0.5) is 0 Å². The molecule has 6 heteroatoms. The van der Waals surface area contributed by atoms with Gasteiger partial charge in [0, 0.05) is 17.9 Å². The predicted molar refractivity (Wildman–Crippen MR) is 108 cm³/mol. The van der Waals surface area contributed by atoms with E-state index in [2.05, 4.69) is 6.07 Å². The third kappa shape index (κ3) is 4.19. The largest absolute Gasteiger partial charge is 0.490 e. The lowest BCUT2D eigenvalue weighted by Crippen LogP contribution is -2.32. The van der Waals surface area contributed by atoms with Gasteiger partial charge < -0.3 is 14.4 Å². The highest BCUT2D eigenvalue weighted by atomic mass is 35.5. The van der Waals surface area contributed by atoms with Crippen LogP contribution >= 0.6 is 23.4 Å². The van der Waals surface area contributed by atoms with E-state index < -0.39 is 0 Å². The van der Waals surface area contributed by atoms with Crippen LogP contribution in [-0.2, 0) is 4.79 Å². The van der Waals surface area contributed by atoms with Gasteiger partial charge >= 0.3 is 0 Å². The second-order valence-electron chi connectivity index (χ2n) is 6.72. The number of halogens is 1. The first-order chi connectivity index (χ1) is 13.2. The van der Waals surface area contributed by atoms with E-state index in [0.29, 0.717) is 24.0 Å². The molecule has 2 heterocycles. The molecule has 4 nitrogen and oxygen atoms in total. The minimum Gasteiger partial charge on any atom is -0.490 e. The van der Waals surface area contributed by atoms with Crippen LogP contribution in [0.5, 0.6) is 11.5 Å². The summed E-state index contributed by atoms with van der Waals surface area (Å²) in [6, 6.07) is 13.8. The van der Waals surface area contributed by atoms with Crippen molar-refractivity contribution in [2.24, 2.45) is 0 Å². The molecule has 1 amide bonds. The molecule has 0 spiro atoms. The quantitative estimate of drug-likeness (QED) is 0.676. The maximum Gasteiger partial charge on any atom is 0.233 e. The van der Waals surface area contributed by atoms with Gasteiger partial charge in [0.25, 0.3) is 0 Å². The monoisotopic (exact) mass is 403 g/mol. The van der Waals surface area contributed by atoms with Gasteiger partial charge in [-0.3, -0.25) is 4.79 Å². The molecule has 2 aromatic rings. The molecule has 0 radical (unpaired) electrons. The second kappa shape index (κ2) is 8.44. The third-order valence-electron chi connectivity index (χ3n) is 4.92. The molecule has 0 saturated carbocycles. The fourth-order valence-electron chi connectivity index (χ4n) is 3.58. The van der Waals surface area contributed by atoms with Gasteiger partial charge in [-0.05, 0) is 42.7 Å². The van der Waals surface area contributed by atoms with E-state index in [1.165, 1.54) is 11.8 Å². The molecule has 1 fully saturated rings. The number of benzene rings is 2. The van der Waals surface area contributed by atoms with Crippen molar-refractivity contribution in [3.05, 3.63) is 53.1 Å². The summed E-state index contributed by atoms with van der Waals surface area (Å²) >= 11 is 7.70. The number of carbonyl (C=O) groups excluding carboxylic acids is 1. The number of amides is 1. The standard InChI is InChI=1S/C21H22ClNO3S/c22-16-5-1-2-7-20(16)27-14-21(24)23-10-3-6-17(23)15-8-9-18-19(13-15)26-12-4-11-25-18/h1-2,5,7-9,13,17H,3-4,6,10-12,14H2/t17-/m1/s1. The van der Waals surface area contributed by atoms with Gasteiger partial charge in [0.1, 0.15) is 0 Å². The highest BCUT2D eigenvalue weighted by Crippen LogP contribution is 2.38. The topological polar surface area (TPSA) is 38.8 Å². The number of fused-ring (bicyclic) bond motifs is 1. The zero-order valence-electron chi connectivity index (χ0n) is 15.0. The van der Waals surface area contributed by atoms with Crippen LogP contribution in [0.3, 0.4) is 0 Å². The molecule has 0 aliphatic carbocycles. The zero-order chi connectivity index (χ0) is 18.6. The van der Waals surface area contributed by atoms with Gasteiger partial charge in [-0.2, -0.15) is 0 Å². The maximum absolute atomic E-state index is 12.9.